The minimum absolute atomic E-state index is 0.00423. The summed E-state index contributed by atoms with van der Waals surface area (Å²) in [6, 6.07) is 20.4. The number of hydrogen-bond donors (Lipinski definition) is 1. The van der Waals surface area contributed by atoms with Gasteiger partial charge in [0.1, 0.15) is 11.5 Å². The second kappa shape index (κ2) is 8.06. The van der Waals surface area contributed by atoms with Crippen molar-refractivity contribution in [1.29, 1.82) is 0 Å². The molecule has 0 fully saturated rings. The molecular weight excluding hydrogens is 364 g/mol. The maximum absolute atomic E-state index is 12.8. The molecule has 4 rings (SSSR count). The maximum Gasteiger partial charge on any atom is 0.251 e. The molecule has 6 nitrogen and oxygen atoms in total. The van der Waals surface area contributed by atoms with Gasteiger partial charge >= 0.3 is 0 Å². The quantitative estimate of drug-likeness (QED) is 0.510. The average Bonchev–Trinajstić information content (AvgIpc) is 3.29. The van der Waals surface area contributed by atoms with Crippen LogP contribution in [0.1, 0.15) is 35.3 Å². The van der Waals surface area contributed by atoms with Gasteiger partial charge in [0.15, 0.2) is 5.78 Å². The number of hydrogen-bond acceptors (Lipinski definition) is 4. The molecule has 1 atom stereocenters. The number of H-pyrrole nitrogens is 1. The molecule has 0 aliphatic heterocycles. The molecule has 2 aromatic heterocycles. The smallest absolute Gasteiger partial charge is 0.251 e. The first-order valence-electron chi connectivity index (χ1n) is 9.40. The van der Waals surface area contributed by atoms with Crippen LogP contribution in [0.15, 0.2) is 83.9 Å². The van der Waals surface area contributed by atoms with Crippen molar-refractivity contribution in [3.63, 3.8) is 0 Å². The number of nitrogens with zero attached hydrogens (tertiary/aromatic N) is 3. The highest BCUT2D eigenvalue weighted by Gasteiger charge is 2.16. The van der Waals surface area contributed by atoms with Crippen molar-refractivity contribution in [2.45, 2.75) is 19.3 Å². The Kier molecular flexibility index (Phi) is 5.16. The summed E-state index contributed by atoms with van der Waals surface area (Å²) in [6.45, 7) is 1.99. The highest BCUT2D eigenvalue weighted by atomic mass is 16.1. The van der Waals surface area contributed by atoms with Gasteiger partial charge in [0.25, 0.3) is 5.56 Å². The standard InChI is InChI=1S/C23H20N4O2/c1-16(17-8-10-19(11-9-17)27-13-5-12-24-27)14-21(28)20-15-22(29)26-23(25-20)18-6-3-2-4-7-18/h2-13,15-16H,14H2,1H3,(H,25,26,29). The number of carbonyl (C=O) groups excluding carboxylic acids is 1. The Bertz CT molecular complexity index is 1160. The van der Waals surface area contributed by atoms with Gasteiger partial charge in [-0.2, -0.15) is 5.10 Å². The molecule has 0 saturated heterocycles. The summed E-state index contributed by atoms with van der Waals surface area (Å²) in [4.78, 5) is 31.9. The van der Waals surface area contributed by atoms with Crippen LogP contribution in [0.3, 0.4) is 0 Å². The molecule has 29 heavy (non-hydrogen) atoms. The van der Waals surface area contributed by atoms with E-state index in [4.69, 9.17) is 0 Å². The highest BCUT2D eigenvalue weighted by molar-refractivity contribution is 5.95. The molecule has 0 bridgehead atoms. The predicted octanol–water partition coefficient (Wildman–Crippen LogP) is 4.00. The van der Waals surface area contributed by atoms with Gasteiger partial charge in [-0.3, -0.25) is 9.59 Å². The van der Waals surface area contributed by atoms with Gasteiger partial charge < -0.3 is 4.98 Å². The Morgan fingerprint density at radius 2 is 1.83 bits per heavy atom. The molecule has 0 spiro atoms. The van der Waals surface area contributed by atoms with Gasteiger partial charge in [0.05, 0.1) is 5.69 Å². The number of rotatable bonds is 6. The highest BCUT2D eigenvalue weighted by Crippen LogP contribution is 2.22. The van der Waals surface area contributed by atoms with E-state index in [1.807, 2.05) is 73.8 Å². The van der Waals surface area contributed by atoms with Crippen molar-refractivity contribution in [2.75, 3.05) is 0 Å². The molecule has 0 amide bonds. The Hall–Kier alpha value is -3.80. The minimum atomic E-state index is -0.335. The molecule has 1 unspecified atom stereocenters. The summed E-state index contributed by atoms with van der Waals surface area (Å²) in [5.41, 5.74) is 2.62. The molecular formula is C23H20N4O2. The normalized spacial score (nSPS) is 11.9. The topological polar surface area (TPSA) is 80.6 Å². The van der Waals surface area contributed by atoms with E-state index in [1.54, 1.807) is 10.9 Å². The molecule has 0 saturated carbocycles. The Balaban J connectivity index is 1.52. The molecule has 0 aliphatic rings. The zero-order valence-electron chi connectivity index (χ0n) is 15.9. The molecule has 144 valence electrons. The van der Waals surface area contributed by atoms with Crippen LogP contribution in [-0.4, -0.2) is 25.5 Å². The van der Waals surface area contributed by atoms with Crippen molar-refractivity contribution in [2.24, 2.45) is 0 Å². The van der Waals surface area contributed by atoms with Crippen molar-refractivity contribution in [3.05, 3.63) is 101 Å². The van der Waals surface area contributed by atoms with Crippen LogP contribution < -0.4 is 5.56 Å². The summed E-state index contributed by atoms with van der Waals surface area (Å²) in [5.74, 6) is 0.241. The second-order valence-corrected chi connectivity index (χ2v) is 6.92. The van der Waals surface area contributed by atoms with Crippen LogP contribution >= 0.6 is 0 Å². The van der Waals surface area contributed by atoms with E-state index in [2.05, 4.69) is 15.1 Å². The number of ketones is 1. The SMILES string of the molecule is CC(CC(=O)c1cc(=O)[nH]c(-c2ccccc2)n1)c1ccc(-n2cccn2)cc1. The third-order valence-corrected chi connectivity index (χ3v) is 4.80. The molecule has 4 aromatic rings. The molecule has 6 heteroatoms. The van der Waals surface area contributed by atoms with Crippen LogP contribution in [0, 0.1) is 0 Å². The number of benzene rings is 2. The fourth-order valence-electron chi connectivity index (χ4n) is 3.21. The lowest BCUT2D eigenvalue weighted by Crippen LogP contribution is -2.15. The number of Topliss-reactive ketones (excluding diaryl/α,β-unsaturated/α-hetero) is 1. The molecule has 1 N–H and O–H groups in total. The molecule has 0 radical (unpaired) electrons. The third kappa shape index (κ3) is 4.21. The van der Waals surface area contributed by atoms with Gasteiger partial charge in [-0.1, -0.05) is 49.4 Å². The first-order valence-corrected chi connectivity index (χ1v) is 9.40. The van der Waals surface area contributed by atoms with Gasteiger partial charge in [-0.15, -0.1) is 0 Å². The summed E-state index contributed by atoms with van der Waals surface area (Å²) >= 11 is 0. The summed E-state index contributed by atoms with van der Waals surface area (Å²) < 4.78 is 1.78. The largest absolute Gasteiger partial charge is 0.306 e. The Morgan fingerprint density at radius 1 is 1.07 bits per heavy atom. The Morgan fingerprint density at radius 3 is 2.52 bits per heavy atom. The van der Waals surface area contributed by atoms with E-state index in [9.17, 15) is 9.59 Å². The lowest BCUT2D eigenvalue weighted by atomic mass is 9.94. The first-order chi connectivity index (χ1) is 14.1. The van der Waals surface area contributed by atoms with E-state index < -0.39 is 0 Å². The average molecular weight is 384 g/mol. The maximum atomic E-state index is 12.8. The van der Waals surface area contributed by atoms with Crippen LogP contribution in [0.4, 0.5) is 0 Å². The van der Waals surface area contributed by atoms with Gasteiger partial charge in [0, 0.05) is 30.4 Å². The van der Waals surface area contributed by atoms with Crippen LogP contribution in [0.5, 0.6) is 0 Å². The van der Waals surface area contributed by atoms with E-state index in [1.165, 1.54) is 6.07 Å². The van der Waals surface area contributed by atoms with Crippen molar-refractivity contribution < 1.29 is 4.79 Å². The number of carbonyl (C=O) groups is 1. The Labute approximate surface area is 167 Å². The number of aromatic amines is 1. The minimum Gasteiger partial charge on any atom is -0.306 e. The van der Waals surface area contributed by atoms with Crippen molar-refractivity contribution in [3.8, 4) is 17.1 Å². The van der Waals surface area contributed by atoms with E-state index in [0.717, 1.165) is 16.8 Å². The summed E-state index contributed by atoms with van der Waals surface area (Å²) in [5, 5.41) is 4.21. The molecule has 0 aliphatic carbocycles. The van der Waals surface area contributed by atoms with Gasteiger partial charge in [0.2, 0.25) is 0 Å². The lowest BCUT2D eigenvalue weighted by molar-refractivity contribution is 0.0970. The van der Waals surface area contributed by atoms with E-state index in [-0.39, 0.29) is 29.4 Å². The third-order valence-electron chi connectivity index (χ3n) is 4.80. The fraction of sp³-hybridized carbons (Fsp3) is 0.130. The van der Waals surface area contributed by atoms with Crippen LogP contribution in [-0.2, 0) is 0 Å². The number of aromatic nitrogens is 4. The van der Waals surface area contributed by atoms with Crippen LogP contribution in [0.25, 0.3) is 17.1 Å². The first kappa shape index (κ1) is 18.6. The van der Waals surface area contributed by atoms with Crippen molar-refractivity contribution in [1.82, 2.24) is 19.7 Å². The fourth-order valence-corrected chi connectivity index (χ4v) is 3.21. The van der Waals surface area contributed by atoms with Gasteiger partial charge in [-0.25, -0.2) is 9.67 Å². The van der Waals surface area contributed by atoms with Crippen LogP contribution in [0.2, 0.25) is 0 Å². The van der Waals surface area contributed by atoms with E-state index >= 15 is 0 Å². The molecule has 2 aromatic carbocycles. The summed E-state index contributed by atoms with van der Waals surface area (Å²) in [7, 11) is 0. The number of nitrogens with one attached hydrogen (secondary N) is 1. The second-order valence-electron chi connectivity index (χ2n) is 6.92. The van der Waals surface area contributed by atoms with Crippen molar-refractivity contribution >= 4 is 5.78 Å². The zero-order chi connectivity index (χ0) is 20.2. The van der Waals surface area contributed by atoms with E-state index in [0.29, 0.717) is 5.82 Å². The van der Waals surface area contributed by atoms with Gasteiger partial charge in [-0.05, 0) is 29.7 Å². The molecule has 2 heterocycles. The lowest BCUT2D eigenvalue weighted by Gasteiger charge is -2.12. The zero-order valence-corrected chi connectivity index (χ0v) is 15.9. The summed E-state index contributed by atoms with van der Waals surface area (Å²) in [6.07, 6.45) is 3.88. The predicted molar refractivity (Wildman–Crippen MR) is 111 cm³/mol. The monoisotopic (exact) mass is 384 g/mol.